The van der Waals surface area contributed by atoms with E-state index in [1.54, 1.807) is 6.92 Å². The number of aromatic nitrogens is 1. The fourth-order valence-electron chi connectivity index (χ4n) is 3.88. The number of halogens is 3. The van der Waals surface area contributed by atoms with Gasteiger partial charge in [-0.25, -0.2) is 4.72 Å². The zero-order valence-electron chi connectivity index (χ0n) is 18.7. The smallest absolute Gasteiger partial charge is 0.416 e. The van der Waals surface area contributed by atoms with E-state index in [0.717, 1.165) is 30.4 Å². The van der Waals surface area contributed by atoms with Gasteiger partial charge in [-0.1, -0.05) is 36.4 Å². The minimum Gasteiger partial charge on any atom is -0.431 e. The Morgan fingerprint density at radius 2 is 1.91 bits per heavy atom. The van der Waals surface area contributed by atoms with E-state index < -0.39 is 27.9 Å². The highest BCUT2D eigenvalue weighted by Gasteiger charge is 2.32. The van der Waals surface area contributed by atoms with E-state index >= 15 is 0 Å². The molecule has 2 aromatic carbocycles. The Balaban J connectivity index is 1.43. The minimum absolute atomic E-state index is 0.00943. The maximum absolute atomic E-state index is 13.0. The summed E-state index contributed by atoms with van der Waals surface area (Å²) in [5.41, 5.74) is 0.397. The molecular formula is C23H23F3N4O4S. The number of aryl methyl sites for hydroxylation is 1. The van der Waals surface area contributed by atoms with Gasteiger partial charge in [0, 0.05) is 18.8 Å². The number of amides is 1. The van der Waals surface area contributed by atoms with Crippen molar-refractivity contribution in [3.05, 3.63) is 77.2 Å². The Morgan fingerprint density at radius 1 is 1.17 bits per heavy atom. The third-order valence-electron chi connectivity index (χ3n) is 5.76. The molecule has 0 aliphatic carbocycles. The first-order valence-electron chi connectivity index (χ1n) is 10.8. The van der Waals surface area contributed by atoms with Gasteiger partial charge in [0.05, 0.1) is 5.56 Å². The number of rotatable bonds is 6. The Morgan fingerprint density at radius 3 is 2.63 bits per heavy atom. The maximum atomic E-state index is 13.0. The van der Waals surface area contributed by atoms with Crippen LogP contribution in [-0.2, 0) is 16.4 Å². The summed E-state index contributed by atoms with van der Waals surface area (Å²) in [7, 11) is -4.14. The topological polar surface area (TPSA) is 105 Å². The predicted molar refractivity (Wildman–Crippen MR) is 122 cm³/mol. The molecule has 1 unspecified atom stereocenters. The number of anilines is 2. The molecule has 2 N–H and O–H groups in total. The number of benzene rings is 2. The number of nitrogens with one attached hydrogen (secondary N) is 2. The first kappa shape index (κ1) is 24.7. The third-order valence-corrected chi connectivity index (χ3v) is 7.21. The fraction of sp³-hybridized carbons (Fsp3) is 0.304. The number of hydrogen-bond acceptors (Lipinski definition) is 6. The molecule has 0 bridgehead atoms. The molecule has 3 aromatic rings. The number of alkyl halides is 3. The van der Waals surface area contributed by atoms with Crippen LogP contribution < -0.4 is 10.0 Å². The van der Waals surface area contributed by atoms with Gasteiger partial charge in [-0.3, -0.25) is 4.79 Å². The normalized spacial score (nSPS) is 17.2. The minimum atomic E-state index is -4.53. The van der Waals surface area contributed by atoms with Crippen molar-refractivity contribution in [3.8, 4) is 0 Å². The summed E-state index contributed by atoms with van der Waals surface area (Å²) >= 11 is 0. The lowest BCUT2D eigenvalue weighted by atomic mass is 9.92. The van der Waals surface area contributed by atoms with E-state index in [9.17, 15) is 26.4 Å². The lowest BCUT2D eigenvalue weighted by Gasteiger charge is -2.31. The van der Waals surface area contributed by atoms with Gasteiger partial charge >= 0.3 is 16.4 Å². The standard InChI is InChI=1S/C23H23F3N4O4S/c1-15-9-10-18(23(24,25)26)12-19(15)27-22-28-20(14-34-22)21(31)29-35(32,33)30-11-5-8-17(13-30)16-6-3-2-4-7-16/h2-4,6-7,9-10,12,14,17H,5,8,11,13H2,1H3,(H,27,28)(H,29,31). The molecule has 0 saturated carbocycles. The molecule has 0 spiro atoms. The summed E-state index contributed by atoms with van der Waals surface area (Å²) in [5, 5.41) is 2.59. The summed E-state index contributed by atoms with van der Waals surface area (Å²) in [6.45, 7) is 2.09. The predicted octanol–water partition coefficient (Wildman–Crippen LogP) is 4.60. The number of oxazole rings is 1. The molecule has 1 aromatic heterocycles. The van der Waals surface area contributed by atoms with Gasteiger partial charge in [0.25, 0.3) is 11.9 Å². The average molecular weight is 509 g/mol. The zero-order chi connectivity index (χ0) is 25.2. The van der Waals surface area contributed by atoms with Gasteiger partial charge in [0.15, 0.2) is 5.69 Å². The average Bonchev–Trinajstić information content (AvgIpc) is 3.29. The second-order valence-corrected chi connectivity index (χ2v) is 9.91. The van der Waals surface area contributed by atoms with Gasteiger partial charge < -0.3 is 9.73 Å². The van der Waals surface area contributed by atoms with Crippen molar-refractivity contribution < 1.29 is 30.8 Å². The van der Waals surface area contributed by atoms with Crippen molar-refractivity contribution in [2.75, 3.05) is 18.4 Å². The van der Waals surface area contributed by atoms with Crippen LogP contribution in [0.3, 0.4) is 0 Å². The van der Waals surface area contributed by atoms with Crippen LogP contribution >= 0.6 is 0 Å². The number of hydrogen-bond donors (Lipinski definition) is 2. The largest absolute Gasteiger partial charge is 0.431 e. The molecule has 186 valence electrons. The van der Waals surface area contributed by atoms with E-state index in [1.165, 1.54) is 10.4 Å². The summed E-state index contributed by atoms with van der Waals surface area (Å²) in [4.78, 5) is 16.4. The molecule has 1 atom stereocenters. The molecule has 1 amide bonds. The highest BCUT2D eigenvalue weighted by atomic mass is 32.2. The van der Waals surface area contributed by atoms with Gasteiger partial charge in [-0.05, 0) is 48.9 Å². The fourth-order valence-corrected chi connectivity index (χ4v) is 5.09. The van der Waals surface area contributed by atoms with E-state index in [2.05, 4.69) is 10.3 Å². The van der Waals surface area contributed by atoms with E-state index in [1.807, 2.05) is 35.1 Å². The number of piperidine rings is 1. The van der Waals surface area contributed by atoms with Crippen LogP contribution in [0, 0.1) is 6.92 Å². The Labute approximate surface area is 200 Å². The first-order chi connectivity index (χ1) is 16.5. The Bertz CT molecular complexity index is 1310. The van der Waals surface area contributed by atoms with Crippen LogP contribution in [0.15, 0.2) is 59.2 Å². The molecule has 12 heteroatoms. The Kier molecular flexibility index (Phi) is 6.86. The second-order valence-electron chi connectivity index (χ2n) is 8.23. The lowest BCUT2D eigenvalue weighted by molar-refractivity contribution is -0.137. The monoisotopic (exact) mass is 508 g/mol. The first-order valence-corrected chi connectivity index (χ1v) is 12.2. The molecule has 8 nitrogen and oxygen atoms in total. The van der Waals surface area contributed by atoms with E-state index in [4.69, 9.17) is 4.42 Å². The van der Waals surface area contributed by atoms with Crippen molar-refractivity contribution in [1.29, 1.82) is 0 Å². The molecule has 1 aliphatic heterocycles. The summed E-state index contributed by atoms with van der Waals surface area (Å²) in [6, 6.07) is 12.4. The SMILES string of the molecule is Cc1ccc(C(F)(F)F)cc1Nc1nc(C(=O)NS(=O)(=O)N2CCCC(c3ccccc3)C2)co1. The quantitative estimate of drug-likeness (QED) is 0.504. The van der Waals surface area contributed by atoms with Crippen LogP contribution in [0.25, 0.3) is 0 Å². The van der Waals surface area contributed by atoms with Gasteiger partial charge in [-0.15, -0.1) is 0 Å². The molecule has 1 fully saturated rings. The van der Waals surface area contributed by atoms with Gasteiger partial charge in [0.1, 0.15) is 6.26 Å². The van der Waals surface area contributed by atoms with E-state index in [0.29, 0.717) is 12.0 Å². The van der Waals surface area contributed by atoms with Crippen molar-refractivity contribution >= 4 is 27.8 Å². The van der Waals surface area contributed by atoms with Crippen LogP contribution in [0.5, 0.6) is 0 Å². The van der Waals surface area contributed by atoms with Crippen molar-refractivity contribution in [2.45, 2.75) is 31.9 Å². The highest BCUT2D eigenvalue weighted by Crippen LogP contribution is 2.33. The van der Waals surface area contributed by atoms with Crippen molar-refractivity contribution in [1.82, 2.24) is 14.0 Å². The molecular weight excluding hydrogens is 485 g/mol. The second kappa shape index (κ2) is 9.70. The highest BCUT2D eigenvalue weighted by molar-refractivity contribution is 7.87. The Hall–Kier alpha value is -3.38. The van der Waals surface area contributed by atoms with Gasteiger partial charge in [0.2, 0.25) is 0 Å². The molecule has 1 saturated heterocycles. The molecule has 2 heterocycles. The molecule has 1 aliphatic rings. The van der Waals surface area contributed by atoms with E-state index in [-0.39, 0.29) is 36.4 Å². The van der Waals surface area contributed by atoms with Crippen LogP contribution in [0.1, 0.15) is 45.9 Å². The van der Waals surface area contributed by atoms with Crippen LogP contribution in [0.4, 0.5) is 24.9 Å². The molecule has 35 heavy (non-hydrogen) atoms. The number of carbonyl (C=O) groups excluding carboxylic acids is 1. The molecule has 0 radical (unpaired) electrons. The van der Waals surface area contributed by atoms with Crippen LogP contribution in [0.2, 0.25) is 0 Å². The van der Waals surface area contributed by atoms with Crippen LogP contribution in [-0.4, -0.2) is 36.7 Å². The molecule has 4 rings (SSSR count). The maximum Gasteiger partial charge on any atom is 0.416 e. The summed E-state index contributed by atoms with van der Waals surface area (Å²) in [6.07, 6.45) is -2.13. The summed E-state index contributed by atoms with van der Waals surface area (Å²) < 4.78 is 73.0. The number of carbonyl (C=O) groups is 1. The third kappa shape index (κ3) is 5.82. The number of nitrogens with zero attached hydrogens (tertiary/aromatic N) is 2. The van der Waals surface area contributed by atoms with Crippen molar-refractivity contribution in [3.63, 3.8) is 0 Å². The van der Waals surface area contributed by atoms with Gasteiger partial charge in [-0.2, -0.15) is 30.9 Å². The van der Waals surface area contributed by atoms with Crippen molar-refractivity contribution in [2.24, 2.45) is 0 Å². The zero-order valence-corrected chi connectivity index (χ0v) is 19.5. The lowest BCUT2D eigenvalue weighted by Crippen LogP contribution is -2.47. The summed E-state index contributed by atoms with van der Waals surface area (Å²) in [5.74, 6) is -1.00.